The van der Waals surface area contributed by atoms with E-state index < -0.39 is 12.7 Å². The van der Waals surface area contributed by atoms with Gasteiger partial charge in [0.05, 0.1) is 6.61 Å². The Kier molecular flexibility index (Phi) is 6.11. The zero-order chi connectivity index (χ0) is 10.3. The molecule has 0 saturated heterocycles. The van der Waals surface area contributed by atoms with Gasteiger partial charge >= 0.3 is 12.7 Å². The largest absolute Gasteiger partial charge is 0.365 e. The summed E-state index contributed by atoms with van der Waals surface area (Å²) in [5.41, 5.74) is 0. The molecular weight excluding hydrogens is 215 g/mol. The molecule has 0 radical (unpaired) electrons. The van der Waals surface area contributed by atoms with Gasteiger partial charge in [-0.15, -0.1) is 0 Å². The minimum atomic E-state index is -3.43. The summed E-state index contributed by atoms with van der Waals surface area (Å²) in [6, 6.07) is 0. The van der Waals surface area contributed by atoms with E-state index in [0.717, 1.165) is 6.08 Å². The smallest absolute Gasteiger partial charge is 0.322 e. The average molecular weight is 226 g/mol. The van der Waals surface area contributed by atoms with Crippen LogP contribution in [0, 0.1) is 0 Å². The van der Waals surface area contributed by atoms with Crippen molar-refractivity contribution in [3.63, 3.8) is 0 Å². The first-order valence-electron chi connectivity index (χ1n) is 3.52. The first-order chi connectivity index (χ1) is 6.02. The lowest BCUT2D eigenvalue weighted by Gasteiger charge is -2.11. The van der Waals surface area contributed by atoms with Gasteiger partial charge < -0.3 is 9.42 Å². The molecule has 0 aromatic rings. The molecule has 0 bridgehead atoms. The second kappa shape index (κ2) is 6.23. The molecule has 76 valence electrons. The molecule has 7 heteroatoms. The van der Waals surface area contributed by atoms with Crippen LogP contribution in [0.25, 0.3) is 0 Å². The summed E-state index contributed by atoms with van der Waals surface area (Å²) in [6.45, 7) is 1.78. The molecule has 0 spiro atoms. The molecule has 0 saturated carbocycles. The van der Waals surface area contributed by atoms with E-state index in [9.17, 15) is 4.79 Å². The minimum absolute atomic E-state index is 0.249. The van der Waals surface area contributed by atoms with E-state index in [2.05, 4.69) is 27.9 Å². The lowest BCUT2D eigenvalue weighted by molar-refractivity contribution is -0.212. The maximum Gasteiger partial charge on any atom is 0.365 e. The van der Waals surface area contributed by atoms with Crippen LogP contribution >= 0.6 is 6.72 Å². The van der Waals surface area contributed by atoms with E-state index in [1.165, 1.54) is 0 Å². The van der Waals surface area contributed by atoms with E-state index in [0.29, 0.717) is 6.42 Å². The lowest BCUT2D eigenvalue weighted by Crippen LogP contribution is -2.02. The van der Waals surface area contributed by atoms with Crippen molar-refractivity contribution in [2.45, 2.75) is 13.3 Å². The molecule has 1 unspecified atom stereocenters. The summed E-state index contributed by atoms with van der Waals surface area (Å²) in [5, 5.41) is 0. The van der Waals surface area contributed by atoms with Gasteiger partial charge in [0.25, 0.3) is 0 Å². The first kappa shape index (κ1) is 12.7. The third-order valence-corrected chi connectivity index (χ3v) is 2.11. The van der Waals surface area contributed by atoms with Crippen LogP contribution in [-0.4, -0.2) is 17.5 Å². The van der Waals surface area contributed by atoms with Crippen molar-refractivity contribution in [2.24, 2.45) is 0 Å². The van der Waals surface area contributed by atoms with Crippen molar-refractivity contribution in [1.82, 2.24) is 0 Å². The highest BCUT2D eigenvalue weighted by molar-refractivity contribution is 8.07. The van der Waals surface area contributed by atoms with Crippen LogP contribution in [-0.2, 0) is 30.7 Å². The fraction of sp³-hybridized carbons (Fsp3) is 0.500. The molecule has 0 aliphatic carbocycles. The molecule has 1 N–H and O–H groups in total. The third-order valence-electron chi connectivity index (χ3n) is 0.839. The molecule has 0 aromatic carbocycles. The van der Waals surface area contributed by atoms with Gasteiger partial charge in [-0.1, -0.05) is 18.2 Å². The zero-order valence-corrected chi connectivity index (χ0v) is 8.85. The predicted molar refractivity (Wildman–Crippen MR) is 50.1 cm³/mol. The maximum atomic E-state index is 10.5. The van der Waals surface area contributed by atoms with E-state index in [1.807, 2.05) is 6.92 Å². The van der Waals surface area contributed by atoms with Gasteiger partial charge in [0.1, 0.15) is 0 Å². The Hall–Kier alpha value is -0.260. The molecule has 5 nitrogen and oxygen atoms in total. The highest BCUT2D eigenvalue weighted by Gasteiger charge is 2.17. The molecule has 0 fully saturated rings. The Morgan fingerprint density at radius 2 is 2.38 bits per heavy atom. The molecule has 0 aliphatic heterocycles. The van der Waals surface area contributed by atoms with E-state index in [1.54, 1.807) is 0 Å². The molecule has 1 atom stereocenters. The summed E-state index contributed by atoms with van der Waals surface area (Å²) in [7, 11) is 0. The third kappa shape index (κ3) is 6.86. The van der Waals surface area contributed by atoms with Crippen LogP contribution in [0.4, 0.5) is 0 Å². The SMILES string of the molecule is C=CC(=O)OOP(O)(=S)OCCC. The first-order valence-corrected chi connectivity index (χ1v) is 6.11. The fourth-order valence-corrected chi connectivity index (χ4v) is 1.28. The number of hydrogen-bond donors (Lipinski definition) is 1. The molecule has 0 rings (SSSR count). The average Bonchev–Trinajstić information content (AvgIpc) is 2.11. The zero-order valence-electron chi connectivity index (χ0n) is 7.13. The summed E-state index contributed by atoms with van der Waals surface area (Å²) in [5.74, 6) is -0.830. The van der Waals surface area contributed by atoms with Crippen molar-refractivity contribution in [3.8, 4) is 0 Å². The van der Waals surface area contributed by atoms with Crippen LogP contribution in [0.2, 0.25) is 0 Å². The molecule has 0 aliphatic rings. The molecule has 13 heavy (non-hydrogen) atoms. The quantitative estimate of drug-likeness (QED) is 0.318. The number of rotatable bonds is 6. The fourth-order valence-electron chi connectivity index (χ4n) is 0.346. The topological polar surface area (TPSA) is 65.0 Å². The number of carbonyl (C=O) groups is 1. The van der Waals surface area contributed by atoms with Crippen molar-refractivity contribution in [1.29, 1.82) is 0 Å². The Labute approximate surface area is 81.5 Å². The van der Waals surface area contributed by atoms with Crippen molar-refractivity contribution in [3.05, 3.63) is 12.7 Å². The van der Waals surface area contributed by atoms with E-state index >= 15 is 0 Å². The number of hydrogen-bond acceptors (Lipinski definition) is 5. The van der Waals surface area contributed by atoms with E-state index in [-0.39, 0.29) is 6.61 Å². The number of carbonyl (C=O) groups excluding carboxylic acids is 1. The second-order valence-electron chi connectivity index (χ2n) is 1.98. The van der Waals surface area contributed by atoms with Gasteiger partial charge in [-0.2, -0.15) is 0 Å². The summed E-state index contributed by atoms with van der Waals surface area (Å²) >= 11 is 4.49. The normalized spacial score (nSPS) is 14.6. The van der Waals surface area contributed by atoms with Crippen LogP contribution < -0.4 is 0 Å². The molecule has 0 aromatic heterocycles. The summed E-state index contributed by atoms with van der Waals surface area (Å²) < 4.78 is 8.94. The van der Waals surface area contributed by atoms with Gasteiger partial charge in [0.15, 0.2) is 0 Å². The van der Waals surface area contributed by atoms with Gasteiger partial charge in [-0.3, -0.25) is 4.89 Å². The van der Waals surface area contributed by atoms with Crippen LogP contribution in [0.5, 0.6) is 0 Å². The van der Waals surface area contributed by atoms with Crippen LogP contribution in [0.3, 0.4) is 0 Å². The summed E-state index contributed by atoms with van der Waals surface area (Å²) in [4.78, 5) is 23.7. The van der Waals surface area contributed by atoms with Crippen LogP contribution in [0.15, 0.2) is 12.7 Å². The van der Waals surface area contributed by atoms with Crippen LogP contribution in [0.1, 0.15) is 13.3 Å². The Morgan fingerprint density at radius 3 is 2.85 bits per heavy atom. The van der Waals surface area contributed by atoms with Crippen molar-refractivity contribution >= 4 is 24.5 Å². The Morgan fingerprint density at radius 1 is 1.77 bits per heavy atom. The van der Waals surface area contributed by atoms with Crippen molar-refractivity contribution in [2.75, 3.05) is 6.61 Å². The van der Waals surface area contributed by atoms with Gasteiger partial charge in [0, 0.05) is 6.08 Å². The summed E-state index contributed by atoms with van der Waals surface area (Å²) in [6.07, 6.45) is 1.56. The highest BCUT2D eigenvalue weighted by atomic mass is 32.5. The second-order valence-corrected chi connectivity index (χ2v) is 4.71. The Bertz CT molecular complexity index is 229. The van der Waals surface area contributed by atoms with E-state index in [4.69, 9.17) is 9.42 Å². The molecular formula is C6H11O5PS. The predicted octanol–water partition coefficient (Wildman–Crippen LogP) is 1.29. The highest BCUT2D eigenvalue weighted by Crippen LogP contribution is 2.43. The molecule has 0 amide bonds. The van der Waals surface area contributed by atoms with Gasteiger partial charge in [-0.05, 0) is 18.2 Å². The molecule has 0 heterocycles. The monoisotopic (exact) mass is 226 g/mol. The Balaban J connectivity index is 3.81. The van der Waals surface area contributed by atoms with Gasteiger partial charge in [0.2, 0.25) is 0 Å². The van der Waals surface area contributed by atoms with Crippen molar-refractivity contribution < 1.29 is 23.8 Å². The minimum Gasteiger partial charge on any atom is -0.322 e. The van der Waals surface area contributed by atoms with Gasteiger partial charge in [-0.25, -0.2) is 4.79 Å². The maximum absolute atomic E-state index is 10.5. The standard InChI is InChI=1S/C6H11O5PS/c1-3-5-9-12(8,13)11-10-6(7)4-2/h4H,2-3,5H2,1H3,(H,8,13). The lowest BCUT2D eigenvalue weighted by atomic mass is 10.5.